The molecular weight excluding hydrogens is 222 g/mol. The second kappa shape index (κ2) is 17.8. The highest BCUT2D eigenvalue weighted by molar-refractivity contribution is 5.45. The molecule has 0 spiro atoms. The summed E-state index contributed by atoms with van der Waals surface area (Å²) < 4.78 is 0. The smallest absolute Gasteiger partial charge is 0.0676 e. The summed E-state index contributed by atoms with van der Waals surface area (Å²) >= 11 is 0. The molecule has 0 saturated heterocycles. The van der Waals surface area contributed by atoms with E-state index in [0.717, 1.165) is 11.1 Å². The van der Waals surface area contributed by atoms with Crippen molar-refractivity contribution in [1.29, 1.82) is 0 Å². The third-order valence-electron chi connectivity index (χ3n) is 1.68. The first-order valence-electron chi connectivity index (χ1n) is 6.36. The lowest BCUT2D eigenvalue weighted by atomic mass is 10.1. The van der Waals surface area contributed by atoms with Gasteiger partial charge in [-0.25, -0.2) is 0 Å². The molecule has 3 N–H and O–H groups in total. The lowest BCUT2D eigenvalue weighted by molar-refractivity contribution is 0.335. The molecule has 2 nitrogen and oxygen atoms in total. The Bertz CT molecular complexity index is 296. The zero-order valence-corrected chi connectivity index (χ0v) is 12.5. The maximum atomic E-state index is 8.72. The molecule has 0 radical (unpaired) electrons. The molecule has 0 rings (SSSR count). The van der Waals surface area contributed by atoms with Crippen LogP contribution in [0.4, 0.5) is 0 Å². The van der Waals surface area contributed by atoms with E-state index in [0.29, 0.717) is 5.57 Å². The molecule has 0 amide bonds. The number of hydrogen-bond acceptors (Lipinski definition) is 2. The molecule has 104 valence electrons. The lowest BCUT2D eigenvalue weighted by Gasteiger charge is -2.00. The molecule has 0 aromatic carbocycles. The number of rotatable bonds is 5. The van der Waals surface area contributed by atoms with E-state index in [1.54, 1.807) is 18.2 Å². The minimum absolute atomic E-state index is 0.0400. The van der Waals surface area contributed by atoms with Gasteiger partial charge in [0.2, 0.25) is 0 Å². The van der Waals surface area contributed by atoms with Crippen LogP contribution < -0.4 is 5.73 Å². The second-order valence-corrected chi connectivity index (χ2v) is 2.78. The molecule has 0 aliphatic rings. The minimum Gasteiger partial charge on any atom is -0.405 e. The van der Waals surface area contributed by atoms with E-state index in [9.17, 15) is 0 Å². The highest BCUT2D eigenvalue weighted by Gasteiger charge is 1.93. The predicted octanol–water partition coefficient (Wildman–Crippen LogP) is 4.12. The van der Waals surface area contributed by atoms with E-state index >= 15 is 0 Å². The first-order valence-corrected chi connectivity index (χ1v) is 6.36. The SMILES string of the molecule is C=C(/C=C\C(=C)C(/C=C\N)=C/C)CO.CC.CC. The van der Waals surface area contributed by atoms with Crippen LogP contribution in [-0.2, 0) is 0 Å². The number of hydrogen-bond donors (Lipinski definition) is 2. The largest absolute Gasteiger partial charge is 0.405 e. The van der Waals surface area contributed by atoms with Gasteiger partial charge in [-0.3, -0.25) is 0 Å². The Morgan fingerprint density at radius 3 is 1.89 bits per heavy atom. The lowest BCUT2D eigenvalue weighted by Crippen LogP contribution is -1.86. The monoisotopic (exact) mass is 251 g/mol. The van der Waals surface area contributed by atoms with Crippen molar-refractivity contribution < 1.29 is 5.11 Å². The molecular formula is C16H29NO. The van der Waals surface area contributed by atoms with E-state index in [2.05, 4.69) is 13.2 Å². The topological polar surface area (TPSA) is 46.2 Å². The summed E-state index contributed by atoms with van der Waals surface area (Å²) in [4.78, 5) is 0. The van der Waals surface area contributed by atoms with Crippen molar-refractivity contribution in [3.63, 3.8) is 0 Å². The van der Waals surface area contributed by atoms with Crippen molar-refractivity contribution in [3.8, 4) is 0 Å². The molecule has 0 unspecified atom stereocenters. The van der Waals surface area contributed by atoms with E-state index in [1.165, 1.54) is 6.20 Å². The zero-order chi connectivity index (χ0) is 15.0. The van der Waals surface area contributed by atoms with E-state index < -0.39 is 0 Å². The number of nitrogens with two attached hydrogens (primary N) is 1. The maximum absolute atomic E-state index is 8.72. The van der Waals surface area contributed by atoms with Crippen molar-refractivity contribution in [3.05, 3.63) is 60.4 Å². The number of aliphatic hydroxyl groups is 1. The maximum Gasteiger partial charge on any atom is 0.0676 e. The Morgan fingerprint density at radius 2 is 1.56 bits per heavy atom. The third-order valence-corrected chi connectivity index (χ3v) is 1.68. The molecule has 0 aromatic heterocycles. The van der Waals surface area contributed by atoms with Crippen molar-refractivity contribution in [1.82, 2.24) is 0 Å². The summed E-state index contributed by atoms with van der Waals surface area (Å²) in [7, 11) is 0. The molecule has 0 aromatic rings. The van der Waals surface area contributed by atoms with Gasteiger partial charge in [-0.15, -0.1) is 0 Å². The predicted molar refractivity (Wildman–Crippen MR) is 84.3 cm³/mol. The molecule has 18 heavy (non-hydrogen) atoms. The van der Waals surface area contributed by atoms with Crippen LogP contribution in [0.1, 0.15) is 34.6 Å². The van der Waals surface area contributed by atoms with Crippen LogP contribution in [0, 0.1) is 0 Å². The fourth-order valence-corrected chi connectivity index (χ4v) is 0.860. The van der Waals surface area contributed by atoms with Gasteiger partial charge in [-0.2, -0.15) is 0 Å². The van der Waals surface area contributed by atoms with Gasteiger partial charge < -0.3 is 10.8 Å². The van der Waals surface area contributed by atoms with Gasteiger partial charge in [-0.05, 0) is 35.9 Å². The minimum atomic E-state index is -0.0400. The highest BCUT2D eigenvalue weighted by Crippen LogP contribution is 2.11. The average molecular weight is 251 g/mol. The van der Waals surface area contributed by atoms with Gasteiger partial charge in [0.15, 0.2) is 0 Å². The molecule has 0 bridgehead atoms. The van der Waals surface area contributed by atoms with Crippen LogP contribution in [-0.4, -0.2) is 11.7 Å². The zero-order valence-electron chi connectivity index (χ0n) is 12.5. The van der Waals surface area contributed by atoms with Gasteiger partial charge in [-0.1, -0.05) is 59.1 Å². The van der Waals surface area contributed by atoms with Gasteiger partial charge >= 0.3 is 0 Å². The molecule has 2 heteroatoms. The first-order chi connectivity index (χ1) is 8.65. The van der Waals surface area contributed by atoms with Crippen LogP contribution >= 0.6 is 0 Å². The van der Waals surface area contributed by atoms with Gasteiger partial charge in [0.1, 0.15) is 0 Å². The molecule has 0 aliphatic carbocycles. The van der Waals surface area contributed by atoms with Gasteiger partial charge in [0.25, 0.3) is 0 Å². The van der Waals surface area contributed by atoms with Crippen molar-refractivity contribution in [2.24, 2.45) is 5.73 Å². The Kier molecular flexibility index (Phi) is 21.5. The summed E-state index contributed by atoms with van der Waals surface area (Å²) in [5, 5.41) is 8.72. The Balaban J connectivity index is -0.000000506. The number of aliphatic hydroxyl groups excluding tert-OH is 1. The Hall–Kier alpha value is -1.54. The van der Waals surface area contributed by atoms with Crippen LogP contribution in [0.2, 0.25) is 0 Å². The van der Waals surface area contributed by atoms with Crippen molar-refractivity contribution >= 4 is 0 Å². The third kappa shape index (κ3) is 12.5. The summed E-state index contributed by atoms with van der Waals surface area (Å²) in [5.41, 5.74) is 7.72. The Morgan fingerprint density at radius 1 is 1.06 bits per heavy atom. The highest BCUT2D eigenvalue weighted by atomic mass is 16.3. The standard InChI is InChI=1S/C12H17NO.2C2H6/c1-4-12(7-8-13)11(3)6-5-10(2)9-14;2*1-2/h4-8,14H,2-3,9,13H2,1H3;2*1-2H3/b6-5-,8-7-,12-4+;;. The molecule has 0 atom stereocenters. The van der Waals surface area contributed by atoms with Crippen LogP contribution in [0.3, 0.4) is 0 Å². The quantitative estimate of drug-likeness (QED) is 0.722. The van der Waals surface area contributed by atoms with Crippen LogP contribution in [0.5, 0.6) is 0 Å². The van der Waals surface area contributed by atoms with Gasteiger partial charge in [0.05, 0.1) is 6.61 Å². The van der Waals surface area contributed by atoms with E-state index in [-0.39, 0.29) is 6.61 Å². The summed E-state index contributed by atoms with van der Waals surface area (Å²) in [5.74, 6) is 0. The van der Waals surface area contributed by atoms with Crippen molar-refractivity contribution in [2.75, 3.05) is 6.61 Å². The second-order valence-electron chi connectivity index (χ2n) is 2.78. The molecule has 0 aliphatic heterocycles. The molecule has 0 saturated carbocycles. The molecule has 0 fully saturated rings. The summed E-state index contributed by atoms with van der Waals surface area (Å²) in [6.45, 7) is 17.4. The van der Waals surface area contributed by atoms with Crippen LogP contribution in [0.15, 0.2) is 60.4 Å². The van der Waals surface area contributed by atoms with Crippen molar-refractivity contribution in [2.45, 2.75) is 34.6 Å². The fraction of sp³-hybridized carbons (Fsp3) is 0.375. The average Bonchev–Trinajstić information content (AvgIpc) is 2.45. The fourth-order valence-electron chi connectivity index (χ4n) is 0.860. The van der Waals surface area contributed by atoms with E-state index in [1.807, 2.05) is 40.7 Å². The first kappa shape index (κ1) is 21.7. The number of allylic oxidation sites excluding steroid dienone is 5. The van der Waals surface area contributed by atoms with E-state index in [4.69, 9.17) is 10.8 Å². The Labute approximate surface area is 113 Å². The summed E-state index contributed by atoms with van der Waals surface area (Å²) in [6, 6.07) is 0. The van der Waals surface area contributed by atoms with Gasteiger partial charge in [0, 0.05) is 0 Å². The summed E-state index contributed by atoms with van der Waals surface area (Å²) in [6.07, 6.45) is 8.69. The molecule has 0 heterocycles. The van der Waals surface area contributed by atoms with Crippen LogP contribution in [0.25, 0.3) is 0 Å². The normalized spacial score (nSPS) is 10.4.